The zero-order valence-corrected chi connectivity index (χ0v) is 25.0. The summed E-state index contributed by atoms with van der Waals surface area (Å²) in [5, 5.41) is 4.93. The van der Waals surface area contributed by atoms with Gasteiger partial charge in [0.2, 0.25) is 0 Å². The van der Waals surface area contributed by atoms with Gasteiger partial charge in [0.15, 0.2) is 6.61 Å². The maximum atomic E-state index is 13.1. The molecule has 1 saturated heterocycles. The molecule has 1 N–H and O–H groups in total. The molecular weight excluding hydrogens is 628 g/mol. The first kappa shape index (κ1) is 28.7. The summed E-state index contributed by atoms with van der Waals surface area (Å²) in [7, 11) is 0. The Hall–Kier alpha value is -3.79. The fourth-order valence-electron chi connectivity index (χ4n) is 4.18. The number of hydrogen-bond donors (Lipinski definition) is 1. The van der Waals surface area contributed by atoms with Crippen LogP contribution in [-0.4, -0.2) is 41.7 Å². The third-order valence-corrected chi connectivity index (χ3v) is 8.08. The lowest BCUT2D eigenvalue weighted by atomic mass is 10.1. The van der Waals surface area contributed by atoms with E-state index in [9.17, 15) is 14.4 Å². The Morgan fingerprint density at radius 3 is 2.63 bits per heavy atom. The zero-order valence-electron chi connectivity index (χ0n) is 21.9. The average molecular weight is 652 g/mol. The summed E-state index contributed by atoms with van der Waals surface area (Å²) in [5.41, 5.74) is 2.01. The minimum absolute atomic E-state index is 0.107. The number of nitrogens with one attached hydrogen (secondary N) is 1. The Morgan fingerprint density at radius 1 is 1.00 bits per heavy atom. The molecule has 0 bridgehead atoms. The summed E-state index contributed by atoms with van der Waals surface area (Å²) >= 11 is 10.4. The van der Waals surface area contributed by atoms with Gasteiger partial charge in [0, 0.05) is 26.1 Å². The Labute approximate surface area is 254 Å². The monoisotopic (exact) mass is 650 g/mol. The highest BCUT2D eigenvalue weighted by atomic mass is 79.9. The second kappa shape index (κ2) is 12.8. The van der Waals surface area contributed by atoms with Crippen molar-refractivity contribution in [2.75, 3.05) is 25.1 Å². The van der Waals surface area contributed by atoms with Crippen molar-refractivity contribution in [2.45, 2.75) is 6.92 Å². The molecule has 0 unspecified atom stereocenters. The second-order valence-electron chi connectivity index (χ2n) is 9.14. The van der Waals surface area contributed by atoms with Gasteiger partial charge in [-0.1, -0.05) is 70.0 Å². The van der Waals surface area contributed by atoms with Crippen LogP contribution in [0.15, 0.2) is 88.2 Å². The Morgan fingerprint density at radius 2 is 1.80 bits per heavy atom. The molecule has 41 heavy (non-hydrogen) atoms. The molecular formula is C31H24BrClN2O5S. The number of imide groups is 1. The molecule has 1 fully saturated rings. The molecule has 3 amide bonds. The standard InChI is InChI=1S/C31H24BrClN2O5S/c1-19-9-11-23(17-25(19)33)34-29(36)18-40-26-12-10-22(32)15-21(26)16-28-30(37)35(31(38)41-28)13-14-39-27-8-4-6-20-5-2-3-7-24(20)27/h2-12,15-17H,13-14,18H2,1H3,(H,34,36)/b28-16-. The molecule has 0 aliphatic carbocycles. The van der Waals surface area contributed by atoms with Crippen LogP contribution in [0.5, 0.6) is 11.5 Å². The highest BCUT2D eigenvalue weighted by Crippen LogP contribution is 2.35. The number of rotatable bonds is 9. The van der Waals surface area contributed by atoms with E-state index < -0.39 is 5.91 Å². The van der Waals surface area contributed by atoms with Gasteiger partial charge >= 0.3 is 0 Å². The lowest BCUT2D eigenvalue weighted by Gasteiger charge is -2.14. The van der Waals surface area contributed by atoms with Gasteiger partial charge in [-0.2, -0.15) is 0 Å². The van der Waals surface area contributed by atoms with E-state index in [0.717, 1.165) is 32.6 Å². The van der Waals surface area contributed by atoms with Crippen molar-refractivity contribution in [3.8, 4) is 11.5 Å². The van der Waals surface area contributed by atoms with E-state index in [1.165, 1.54) is 4.90 Å². The predicted octanol–water partition coefficient (Wildman–Crippen LogP) is 7.70. The van der Waals surface area contributed by atoms with Crippen LogP contribution in [0.4, 0.5) is 10.5 Å². The molecule has 0 saturated carbocycles. The number of fused-ring (bicyclic) bond motifs is 1. The minimum atomic E-state index is -0.415. The fourth-order valence-corrected chi connectivity index (χ4v) is 5.59. The third-order valence-electron chi connectivity index (χ3n) is 6.27. The molecule has 10 heteroatoms. The van der Waals surface area contributed by atoms with E-state index in [2.05, 4.69) is 21.2 Å². The number of ether oxygens (including phenoxy) is 2. The topological polar surface area (TPSA) is 84.9 Å². The van der Waals surface area contributed by atoms with E-state index >= 15 is 0 Å². The van der Waals surface area contributed by atoms with Crippen LogP contribution in [0, 0.1) is 6.92 Å². The largest absolute Gasteiger partial charge is 0.491 e. The van der Waals surface area contributed by atoms with Crippen molar-refractivity contribution in [1.82, 2.24) is 4.90 Å². The van der Waals surface area contributed by atoms with Crippen LogP contribution in [0.25, 0.3) is 16.8 Å². The van der Waals surface area contributed by atoms with Gasteiger partial charge in [-0.15, -0.1) is 0 Å². The highest BCUT2D eigenvalue weighted by molar-refractivity contribution is 9.10. The van der Waals surface area contributed by atoms with Gasteiger partial charge in [-0.25, -0.2) is 0 Å². The molecule has 4 aromatic carbocycles. The van der Waals surface area contributed by atoms with Crippen molar-refractivity contribution in [1.29, 1.82) is 0 Å². The van der Waals surface area contributed by atoms with Crippen molar-refractivity contribution >= 4 is 78.9 Å². The zero-order chi connectivity index (χ0) is 28.9. The van der Waals surface area contributed by atoms with E-state index in [-0.39, 0.29) is 35.8 Å². The van der Waals surface area contributed by atoms with Crippen molar-refractivity contribution < 1.29 is 23.9 Å². The first-order valence-electron chi connectivity index (χ1n) is 12.6. The second-order valence-corrected chi connectivity index (χ2v) is 11.5. The van der Waals surface area contributed by atoms with Crippen LogP contribution in [0.2, 0.25) is 5.02 Å². The Balaban J connectivity index is 1.23. The number of aryl methyl sites for hydroxylation is 1. The first-order chi connectivity index (χ1) is 19.8. The number of anilines is 1. The maximum Gasteiger partial charge on any atom is 0.293 e. The number of hydrogen-bond acceptors (Lipinski definition) is 6. The van der Waals surface area contributed by atoms with Crippen LogP contribution in [0.3, 0.4) is 0 Å². The number of carbonyl (C=O) groups is 3. The molecule has 1 aliphatic heterocycles. The lowest BCUT2D eigenvalue weighted by molar-refractivity contribution is -0.123. The molecule has 1 heterocycles. The molecule has 0 aromatic heterocycles. The number of thioether (sulfide) groups is 1. The summed E-state index contributed by atoms with van der Waals surface area (Å²) in [6.07, 6.45) is 1.59. The average Bonchev–Trinajstić information content (AvgIpc) is 3.22. The normalized spacial score (nSPS) is 14.1. The quantitative estimate of drug-likeness (QED) is 0.187. The summed E-state index contributed by atoms with van der Waals surface area (Å²) in [6, 6.07) is 24.1. The van der Waals surface area contributed by atoms with Crippen LogP contribution >= 0.6 is 39.3 Å². The lowest BCUT2D eigenvalue weighted by Crippen LogP contribution is -2.32. The third kappa shape index (κ3) is 6.93. The Bertz CT molecular complexity index is 1690. The molecule has 7 nitrogen and oxygen atoms in total. The number of carbonyl (C=O) groups excluding carboxylic acids is 3. The highest BCUT2D eigenvalue weighted by Gasteiger charge is 2.35. The minimum Gasteiger partial charge on any atom is -0.491 e. The molecule has 0 radical (unpaired) electrons. The smallest absolute Gasteiger partial charge is 0.293 e. The van der Waals surface area contributed by atoms with Gasteiger partial charge in [0.1, 0.15) is 18.1 Å². The molecule has 0 spiro atoms. The van der Waals surface area contributed by atoms with Gasteiger partial charge in [0.05, 0.1) is 11.4 Å². The number of nitrogens with zero attached hydrogens (tertiary/aromatic N) is 1. The van der Waals surface area contributed by atoms with Crippen molar-refractivity contribution in [3.05, 3.63) is 104 Å². The molecule has 0 atom stereocenters. The van der Waals surface area contributed by atoms with Gasteiger partial charge in [-0.3, -0.25) is 19.3 Å². The number of amides is 3. The molecule has 208 valence electrons. The SMILES string of the molecule is Cc1ccc(NC(=O)COc2ccc(Br)cc2/C=C2\SC(=O)N(CCOc3cccc4ccccc34)C2=O)cc1Cl. The Kier molecular flexibility index (Phi) is 8.97. The number of halogens is 2. The first-order valence-corrected chi connectivity index (χ1v) is 14.6. The van der Waals surface area contributed by atoms with E-state index in [1.54, 1.807) is 36.4 Å². The summed E-state index contributed by atoms with van der Waals surface area (Å²) in [5.74, 6) is 0.291. The van der Waals surface area contributed by atoms with E-state index in [1.807, 2.05) is 55.5 Å². The van der Waals surface area contributed by atoms with E-state index in [0.29, 0.717) is 27.8 Å². The van der Waals surface area contributed by atoms with Crippen molar-refractivity contribution in [2.24, 2.45) is 0 Å². The molecule has 1 aliphatic rings. The van der Waals surface area contributed by atoms with Gasteiger partial charge < -0.3 is 14.8 Å². The predicted molar refractivity (Wildman–Crippen MR) is 167 cm³/mol. The van der Waals surface area contributed by atoms with Crippen LogP contribution < -0.4 is 14.8 Å². The fraction of sp³-hybridized carbons (Fsp3) is 0.129. The molecule has 5 rings (SSSR count). The van der Waals surface area contributed by atoms with Crippen LogP contribution in [-0.2, 0) is 9.59 Å². The summed E-state index contributed by atoms with van der Waals surface area (Å²) < 4.78 is 12.5. The van der Waals surface area contributed by atoms with E-state index in [4.69, 9.17) is 21.1 Å². The summed E-state index contributed by atoms with van der Waals surface area (Å²) in [4.78, 5) is 39.7. The van der Waals surface area contributed by atoms with Crippen molar-refractivity contribution in [3.63, 3.8) is 0 Å². The molecule has 4 aromatic rings. The van der Waals surface area contributed by atoms with Gasteiger partial charge in [0.25, 0.3) is 17.1 Å². The summed E-state index contributed by atoms with van der Waals surface area (Å²) in [6.45, 7) is 1.88. The number of benzene rings is 4. The van der Waals surface area contributed by atoms with Crippen LogP contribution in [0.1, 0.15) is 11.1 Å². The van der Waals surface area contributed by atoms with Gasteiger partial charge in [-0.05, 0) is 72.1 Å². The maximum absolute atomic E-state index is 13.1.